The molecule has 1 unspecified atom stereocenters. The minimum Gasteiger partial charge on any atom is -0.338 e. The van der Waals surface area contributed by atoms with Crippen molar-refractivity contribution in [2.75, 3.05) is 13.2 Å². The Morgan fingerprint density at radius 3 is 1.69 bits per heavy atom. The average Bonchev–Trinajstić information content (AvgIpc) is 3.47. The van der Waals surface area contributed by atoms with Gasteiger partial charge in [-0.05, 0) is 69.1 Å². The summed E-state index contributed by atoms with van der Waals surface area (Å²) in [6, 6.07) is 0. The number of fused-ring (bicyclic) bond motifs is 4. The van der Waals surface area contributed by atoms with Crippen molar-refractivity contribution in [1.29, 1.82) is 0 Å². The Kier molecular flexibility index (Phi) is 8.83. The van der Waals surface area contributed by atoms with Gasteiger partial charge in [0.05, 0.1) is 13.2 Å². The van der Waals surface area contributed by atoms with Crippen LogP contribution in [0.4, 0.5) is 26.3 Å². The lowest BCUT2D eigenvalue weighted by atomic mass is 9.57. The van der Waals surface area contributed by atoms with E-state index in [9.17, 15) is 0 Å². The van der Waals surface area contributed by atoms with Crippen LogP contribution in [0.1, 0.15) is 86.0 Å². The first-order valence-corrected chi connectivity index (χ1v) is 18.4. The van der Waals surface area contributed by atoms with Gasteiger partial charge in [0, 0.05) is 36.5 Å². The first-order chi connectivity index (χ1) is 23.9. The molecular weight excluding hydrogens is 694 g/mol. The van der Waals surface area contributed by atoms with Gasteiger partial charge in [0.2, 0.25) is 5.79 Å². The van der Waals surface area contributed by atoms with Crippen LogP contribution in [0.25, 0.3) is 0 Å². The smallest absolute Gasteiger partial charge is 0.338 e. The Morgan fingerprint density at radius 1 is 0.608 bits per heavy atom. The second-order valence-corrected chi connectivity index (χ2v) is 16.4. The summed E-state index contributed by atoms with van der Waals surface area (Å²) in [5.74, 6) is -11.2. The summed E-state index contributed by atoms with van der Waals surface area (Å²) in [6.07, 6.45) is -6.88. The first kappa shape index (κ1) is 36.9. The molecule has 10 nitrogen and oxygen atoms in total. The molecule has 0 aromatic rings. The third kappa shape index (κ3) is 5.13. The van der Waals surface area contributed by atoms with Gasteiger partial charge >= 0.3 is 12.4 Å². The number of halogens is 6. The van der Waals surface area contributed by atoms with Crippen LogP contribution < -0.4 is 0 Å². The molecule has 8 saturated heterocycles. The second kappa shape index (κ2) is 12.2. The van der Waals surface area contributed by atoms with E-state index in [1.54, 1.807) is 6.92 Å². The molecule has 4 bridgehead atoms. The van der Waals surface area contributed by atoms with Gasteiger partial charge in [-0.15, -0.1) is 0 Å². The Labute approximate surface area is 292 Å². The summed E-state index contributed by atoms with van der Waals surface area (Å²) >= 11 is 0. The summed E-state index contributed by atoms with van der Waals surface area (Å²) in [5.41, 5.74) is -2.47. The van der Waals surface area contributed by atoms with Crippen LogP contribution in [-0.2, 0) is 48.0 Å². The summed E-state index contributed by atoms with van der Waals surface area (Å²) in [5, 5.41) is 0. The second-order valence-electron chi connectivity index (χ2n) is 16.4. The maximum Gasteiger partial charge on any atom is 0.443 e. The molecule has 2 saturated carbocycles. The molecule has 8 heterocycles. The predicted molar refractivity (Wildman–Crippen MR) is 160 cm³/mol. The zero-order valence-corrected chi connectivity index (χ0v) is 29.4. The van der Waals surface area contributed by atoms with Crippen LogP contribution in [0.2, 0.25) is 0 Å². The number of hydrogen-bond acceptors (Lipinski definition) is 10. The highest BCUT2D eigenvalue weighted by Gasteiger charge is 2.78. The van der Waals surface area contributed by atoms with E-state index in [0.29, 0.717) is 51.4 Å². The van der Waals surface area contributed by atoms with E-state index in [-0.39, 0.29) is 23.7 Å². The van der Waals surface area contributed by atoms with E-state index >= 15 is 26.3 Å². The standard InChI is InChI=1S/C35H48F6O10/c1-18-8-10-24-20(3)32(34(36,37)38,46-27-30(24)22(18)12-13-26(44-27)48-50-30)42-16-6-7-17-43-33(35(39,40)41)21(4)25-11-9-19(2)23-14-15-29(5)45-28(47-33)31(23,25)51-49-29/h6-7,18-28H,8-17H2,1-5H3/b7-6-/t18-,19-,20-,21-,22?,23+,24+,25+,26+,27+,28+,29+,30-,31-,32-,33-/m1/s1. The SMILES string of the molecule is C[C@@H]1CC[C@H]2[C@@H](C)[C@](OC/C=C\CO[C@@]3(C(F)(F)F)O[C@@H]4O[C@]5(C)CC[C@H]6[C@H](C)CC[C@@H]([C@H]3C)[C@@]46OO5)(C(F)(F)F)O[C@@H]3O[C@@H]4CCC1[C@]32OO4. The zero-order valence-electron chi connectivity index (χ0n) is 29.4. The van der Waals surface area contributed by atoms with E-state index in [0.717, 1.165) is 0 Å². The highest BCUT2D eigenvalue weighted by Crippen LogP contribution is 2.65. The van der Waals surface area contributed by atoms with Gasteiger partial charge in [-0.2, -0.15) is 26.3 Å². The number of rotatable bonds is 6. The number of ether oxygens (including phenoxy) is 6. The fraction of sp³-hybridized carbons (Fsp3) is 0.943. The molecule has 10 rings (SSSR count). The molecule has 10 fully saturated rings. The lowest BCUT2D eigenvalue weighted by molar-refractivity contribution is -0.598. The maximum atomic E-state index is 15.1. The minimum atomic E-state index is -4.99. The van der Waals surface area contributed by atoms with Crippen molar-refractivity contribution in [3.05, 3.63) is 12.2 Å². The van der Waals surface area contributed by atoms with Crippen LogP contribution in [0, 0.1) is 47.3 Å². The Balaban J connectivity index is 1.01. The van der Waals surface area contributed by atoms with Crippen molar-refractivity contribution in [1.82, 2.24) is 0 Å². The molecule has 16 atom stereocenters. The largest absolute Gasteiger partial charge is 0.443 e. The van der Waals surface area contributed by atoms with Crippen LogP contribution in [-0.4, -0.2) is 73.0 Å². The minimum absolute atomic E-state index is 0.136. The molecule has 0 amide bonds. The van der Waals surface area contributed by atoms with Crippen molar-refractivity contribution in [3.8, 4) is 0 Å². The van der Waals surface area contributed by atoms with Crippen molar-refractivity contribution in [2.24, 2.45) is 47.3 Å². The fourth-order valence-electron chi connectivity index (χ4n) is 11.3. The lowest BCUT2D eigenvalue weighted by Crippen LogP contribution is -2.76. The summed E-state index contributed by atoms with van der Waals surface area (Å²) in [4.78, 5) is 23.1. The van der Waals surface area contributed by atoms with Gasteiger partial charge in [0.25, 0.3) is 11.6 Å². The predicted octanol–water partition coefficient (Wildman–Crippen LogP) is 7.47. The third-order valence-corrected chi connectivity index (χ3v) is 13.9. The van der Waals surface area contributed by atoms with Gasteiger partial charge in [-0.3, -0.25) is 0 Å². The van der Waals surface area contributed by atoms with Crippen molar-refractivity contribution >= 4 is 0 Å². The molecule has 0 aromatic heterocycles. The summed E-state index contributed by atoms with van der Waals surface area (Å²) < 4.78 is 126. The van der Waals surface area contributed by atoms with Gasteiger partial charge < -0.3 is 28.4 Å². The van der Waals surface area contributed by atoms with E-state index in [4.69, 9.17) is 48.0 Å². The normalized spacial score (nSPS) is 53.7. The third-order valence-electron chi connectivity index (χ3n) is 13.9. The van der Waals surface area contributed by atoms with Crippen LogP contribution in [0.3, 0.4) is 0 Å². The van der Waals surface area contributed by atoms with Gasteiger partial charge in [0.15, 0.2) is 30.1 Å². The molecule has 51 heavy (non-hydrogen) atoms. The van der Waals surface area contributed by atoms with E-state index in [1.165, 1.54) is 26.0 Å². The van der Waals surface area contributed by atoms with Crippen LogP contribution in [0.5, 0.6) is 0 Å². The topological polar surface area (TPSA) is 92.3 Å². The number of alkyl halides is 6. The molecule has 290 valence electrons. The highest BCUT2D eigenvalue weighted by atomic mass is 19.4. The van der Waals surface area contributed by atoms with Crippen molar-refractivity contribution in [3.63, 3.8) is 0 Å². The molecule has 2 aliphatic carbocycles. The van der Waals surface area contributed by atoms with E-state index in [2.05, 4.69) is 13.8 Å². The quantitative estimate of drug-likeness (QED) is 0.155. The molecule has 2 spiro atoms. The van der Waals surface area contributed by atoms with E-state index in [1.807, 2.05) is 0 Å². The molecule has 0 N–H and O–H groups in total. The van der Waals surface area contributed by atoms with Crippen molar-refractivity contribution in [2.45, 2.75) is 146 Å². The Hall–Kier alpha value is -1.08. The maximum absolute atomic E-state index is 15.1. The molecule has 16 heteroatoms. The van der Waals surface area contributed by atoms with Crippen molar-refractivity contribution < 1.29 is 74.3 Å². The van der Waals surface area contributed by atoms with Gasteiger partial charge in [0.1, 0.15) is 0 Å². The Bertz CT molecular complexity index is 1370. The molecule has 8 aliphatic heterocycles. The van der Waals surface area contributed by atoms with E-state index < -0.39 is 96.7 Å². The first-order valence-electron chi connectivity index (χ1n) is 18.4. The fourth-order valence-corrected chi connectivity index (χ4v) is 11.3. The Morgan fingerprint density at radius 2 is 1.12 bits per heavy atom. The van der Waals surface area contributed by atoms with Crippen LogP contribution >= 0.6 is 0 Å². The average molecular weight is 743 g/mol. The molecule has 10 aliphatic rings. The molecular formula is C35H48F6O10. The molecule has 0 aromatic carbocycles. The summed E-state index contributed by atoms with van der Waals surface area (Å²) in [6.45, 7) is 7.32. The number of hydrogen-bond donors (Lipinski definition) is 0. The summed E-state index contributed by atoms with van der Waals surface area (Å²) in [7, 11) is 0. The zero-order chi connectivity index (χ0) is 36.4. The lowest BCUT2D eigenvalue weighted by Gasteiger charge is -2.62. The monoisotopic (exact) mass is 742 g/mol. The van der Waals surface area contributed by atoms with Gasteiger partial charge in [-0.1, -0.05) is 39.8 Å². The molecule has 0 radical (unpaired) electrons. The highest BCUT2D eigenvalue weighted by molar-refractivity contribution is 5.14. The van der Waals surface area contributed by atoms with Gasteiger partial charge in [-0.25, -0.2) is 19.6 Å². The van der Waals surface area contributed by atoms with Crippen LogP contribution in [0.15, 0.2) is 12.2 Å².